The number of ether oxygens (including phenoxy) is 1. The Morgan fingerprint density at radius 3 is 2.78 bits per heavy atom. The first-order chi connectivity index (χ1) is 10.9. The summed E-state index contributed by atoms with van der Waals surface area (Å²) in [4.78, 5) is 12.2. The number of aryl methyl sites for hydroxylation is 1. The maximum Gasteiger partial charge on any atom is 0.306 e. The van der Waals surface area contributed by atoms with Gasteiger partial charge in [0, 0.05) is 11.8 Å². The summed E-state index contributed by atoms with van der Waals surface area (Å²) in [5.41, 5.74) is 1.74. The zero-order valence-corrected chi connectivity index (χ0v) is 13.6. The van der Waals surface area contributed by atoms with Crippen LogP contribution in [0, 0.1) is 17.3 Å². The number of benzene rings is 1. The van der Waals surface area contributed by atoms with Gasteiger partial charge < -0.3 is 4.74 Å². The Hall–Kier alpha value is -1.45. The van der Waals surface area contributed by atoms with Crippen molar-refractivity contribution in [2.24, 2.45) is 17.3 Å². The van der Waals surface area contributed by atoms with E-state index in [2.05, 4.69) is 12.1 Å². The van der Waals surface area contributed by atoms with Crippen molar-refractivity contribution in [1.29, 1.82) is 0 Å². The fourth-order valence-corrected chi connectivity index (χ4v) is 5.45. The fourth-order valence-electron chi connectivity index (χ4n) is 5.45. The summed E-state index contributed by atoms with van der Waals surface area (Å²) in [6.45, 7) is 1.78. The van der Waals surface area contributed by atoms with E-state index in [0.29, 0.717) is 12.3 Å². The third-order valence-electron chi connectivity index (χ3n) is 6.65. The molecule has 4 heteroatoms. The van der Waals surface area contributed by atoms with Crippen molar-refractivity contribution in [3.63, 3.8) is 0 Å². The Labute approximate surface area is 135 Å². The molecule has 0 spiro atoms. The number of rotatable bonds is 1. The second kappa shape index (κ2) is 4.78. The second-order valence-corrected chi connectivity index (χ2v) is 7.67. The highest BCUT2D eigenvalue weighted by atomic mass is 19.3. The molecule has 2 saturated carbocycles. The van der Waals surface area contributed by atoms with Crippen LogP contribution in [-0.4, -0.2) is 18.8 Å². The first-order valence-corrected chi connectivity index (χ1v) is 8.46. The quantitative estimate of drug-likeness (QED) is 0.768. The van der Waals surface area contributed by atoms with E-state index in [0.717, 1.165) is 25.0 Å². The van der Waals surface area contributed by atoms with Crippen molar-refractivity contribution in [2.75, 3.05) is 7.11 Å². The summed E-state index contributed by atoms with van der Waals surface area (Å²) in [7, 11) is 1.66. The number of fused-ring (bicyclic) bond motifs is 5. The molecule has 2 nitrogen and oxygen atoms in total. The monoisotopic (exact) mass is 320 g/mol. The predicted molar refractivity (Wildman–Crippen MR) is 82.9 cm³/mol. The lowest BCUT2D eigenvalue weighted by atomic mass is 9.55. The summed E-state index contributed by atoms with van der Waals surface area (Å²) in [6.07, 6.45) is 2.95. The first kappa shape index (κ1) is 15.1. The van der Waals surface area contributed by atoms with Gasteiger partial charge in [0.05, 0.1) is 7.11 Å². The molecule has 0 bridgehead atoms. The van der Waals surface area contributed by atoms with Crippen molar-refractivity contribution in [3.05, 3.63) is 29.3 Å². The Morgan fingerprint density at radius 1 is 1.26 bits per heavy atom. The molecule has 0 heterocycles. The van der Waals surface area contributed by atoms with Crippen LogP contribution < -0.4 is 4.74 Å². The molecule has 4 atom stereocenters. The lowest BCUT2D eigenvalue weighted by Gasteiger charge is -2.47. The molecule has 0 N–H and O–H groups in total. The van der Waals surface area contributed by atoms with E-state index in [-0.39, 0.29) is 18.3 Å². The molecule has 0 radical (unpaired) electrons. The molecule has 4 unspecified atom stereocenters. The van der Waals surface area contributed by atoms with Gasteiger partial charge in [-0.2, -0.15) is 8.78 Å². The summed E-state index contributed by atoms with van der Waals surface area (Å²) in [5, 5.41) is 0. The number of alkyl halides is 2. The van der Waals surface area contributed by atoms with Gasteiger partial charge in [-0.05, 0) is 66.7 Å². The number of hydrogen-bond donors (Lipinski definition) is 0. The van der Waals surface area contributed by atoms with Crippen LogP contribution in [0.2, 0.25) is 0 Å². The first-order valence-electron chi connectivity index (χ1n) is 8.46. The number of ketones is 1. The van der Waals surface area contributed by atoms with Crippen LogP contribution in [0.1, 0.15) is 49.7 Å². The molecule has 0 saturated heterocycles. The van der Waals surface area contributed by atoms with E-state index < -0.39 is 17.1 Å². The lowest BCUT2D eigenvalue weighted by molar-refractivity contribution is -0.146. The van der Waals surface area contributed by atoms with Gasteiger partial charge in [-0.3, -0.25) is 4.79 Å². The Balaban J connectivity index is 1.71. The summed E-state index contributed by atoms with van der Waals surface area (Å²) >= 11 is 0. The number of hydrogen-bond acceptors (Lipinski definition) is 2. The molecular weight excluding hydrogens is 298 g/mol. The molecule has 0 aromatic heterocycles. The summed E-state index contributed by atoms with van der Waals surface area (Å²) < 4.78 is 33.4. The van der Waals surface area contributed by atoms with E-state index in [4.69, 9.17) is 4.74 Å². The highest BCUT2D eigenvalue weighted by molar-refractivity contribution is 5.93. The minimum absolute atomic E-state index is 0.181. The van der Waals surface area contributed by atoms with Crippen LogP contribution in [-0.2, 0) is 11.2 Å². The van der Waals surface area contributed by atoms with E-state index in [1.807, 2.05) is 6.07 Å². The van der Waals surface area contributed by atoms with Gasteiger partial charge in [-0.15, -0.1) is 0 Å². The zero-order chi connectivity index (χ0) is 16.4. The molecule has 23 heavy (non-hydrogen) atoms. The van der Waals surface area contributed by atoms with Crippen molar-refractivity contribution in [2.45, 2.75) is 50.9 Å². The van der Waals surface area contributed by atoms with Crippen LogP contribution in [0.4, 0.5) is 8.78 Å². The average Bonchev–Trinajstić information content (AvgIpc) is 2.73. The predicted octanol–water partition coefficient (Wildman–Crippen LogP) is 4.37. The van der Waals surface area contributed by atoms with E-state index in [1.165, 1.54) is 11.1 Å². The molecule has 1 aromatic carbocycles. The molecule has 1 aromatic rings. The van der Waals surface area contributed by atoms with Gasteiger partial charge in [0.25, 0.3) is 0 Å². The van der Waals surface area contributed by atoms with Gasteiger partial charge in [-0.1, -0.05) is 13.0 Å². The summed E-state index contributed by atoms with van der Waals surface area (Å²) in [5.74, 6) is -2.76. The largest absolute Gasteiger partial charge is 0.497 e. The number of halogens is 2. The topological polar surface area (TPSA) is 26.3 Å². The Kier molecular flexibility index (Phi) is 3.14. The van der Waals surface area contributed by atoms with Crippen LogP contribution >= 0.6 is 0 Å². The molecule has 0 aliphatic heterocycles. The van der Waals surface area contributed by atoms with Gasteiger partial charge in [0.2, 0.25) is 5.78 Å². The van der Waals surface area contributed by atoms with Gasteiger partial charge in [0.1, 0.15) is 5.75 Å². The third kappa shape index (κ3) is 1.99. The number of Topliss-reactive ketones (excluding diaryl/α,β-unsaturated/α-hetero) is 1. The van der Waals surface area contributed by atoms with Crippen LogP contribution in [0.25, 0.3) is 0 Å². The second-order valence-electron chi connectivity index (χ2n) is 7.67. The van der Waals surface area contributed by atoms with Crippen LogP contribution in [0.3, 0.4) is 0 Å². The zero-order valence-electron chi connectivity index (χ0n) is 13.6. The van der Waals surface area contributed by atoms with Crippen molar-refractivity contribution < 1.29 is 18.3 Å². The van der Waals surface area contributed by atoms with E-state index in [9.17, 15) is 13.6 Å². The Morgan fingerprint density at radius 2 is 2.04 bits per heavy atom. The minimum atomic E-state index is -3.13. The molecule has 2 fully saturated rings. The van der Waals surface area contributed by atoms with Crippen molar-refractivity contribution in [3.8, 4) is 5.75 Å². The summed E-state index contributed by atoms with van der Waals surface area (Å²) in [6, 6.07) is 6.14. The highest BCUT2D eigenvalue weighted by Gasteiger charge is 2.65. The van der Waals surface area contributed by atoms with Crippen LogP contribution in [0.15, 0.2) is 18.2 Å². The fraction of sp³-hybridized carbons (Fsp3) is 0.632. The number of carbonyl (C=O) groups excluding carboxylic acids is 1. The Bertz CT molecular complexity index is 669. The van der Waals surface area contributed by atoms with E-state index >= 15 is 0 Å². The molecule has 124 valence electrons. The molecule has 3 aliphatic rings. The maximum absolute atomic E-state index is 14.1. The van der Waals surface area contributed by atoms with Gasteiger partial charge in [0.15, 0.2) is 0 Å². The standard InChI is InChI=1S/C19H22F2O2/c1-18-8-7-14-13-6-4-12(23-2)9-11(13)3-5-15(14)16(18)10-19(20,21)17(18)22/h4,6,9,14-16H,3,5,7-8,10H2,1-2H3. The molecular formula is C19H22F2O2. The normalized spacial score (nSPS) is 37.7. The SMILES string of the molecule is COc1ccc2c(c1)CCC1C2CCC2(C)C(=O)C(F)(F)CC12. The van der Waals surface area contributed by atoms with Gasteiger partial charge in [-0.25, -0.2) is 0 Å². The van der Waals surface area contributed by atoms with Crippen LogP contribution in [0.5, 0.6) is 5.75 Å². The highest BCUT2D eigenvalue weighted by Crippen LogP contribution is 2.62. The number of carbonyl (C=O) groups is 1. The van der Waals surface area contributed by atoms with Gasteiger partial charge >= 0.3 is 5.92 Å². The maximum atomic E-state index is 14.1. The smallest absolute Gasteiger partial charge is 0.306 e. The van der Waals surface area contributed by atoms with Crippen molar-refractivity contribution in [1.82, 2.24) is 0 Å². The minimum Gasteiger partial charge on any atom is -0.497 e. The molecule has 4 rings (SSSR count). The molecule has 0 amide bonds. The average molecular weight is 320 g/mol. The van der Waals surface area contributed by atoms with Crippen molar-refractivity contribution >= 4 is 5.78 Å². The molecule has 3 aliphatic carbocycles. The van der Waals surface area contributed by atoms with E-state index in [1.54, 1.807) is 14.0 Å². The third-order valence-corrected chi connectivity index (χ3v) is 6.65. The lowest BCUT2D eigenvalue weighted by Crippen LogP contribution is -2.43. The number of methoxy groups -OCH3 is 1.